The minimum Gasteiger partial charge on any atom is -0.342 e. The standard InChI is InChI=1S/C14H28N2O/c1-5-16(6-2)14(17)12(4)15-13-10-8-7-9-11(13)3/h11-13,15H,5-10H2,1-4H3. The van der Waals surface area contributed by atoms with E-state index in [4.69, 9.17) is 0 Å². The number of hydrogen-bond acceptors (Lipinski definition) is 2. The summed E-state index contributed by atoms with van der Waals surface area (Å²) in [5.74, 6) is 0.948. The van der Waals surface area contributed by atoms with Crippen molar-refractivity contribution in [2.45, 2.75) is 65.5 Å². The average Bonchev–Trinajstić information content (AvgIpc) is 2.33. The number of nitrogens with one attached hydrogen (secondary N) is 1. The van der Waals surface area contributed by atoms with Gasteiger partial charge in [-0.15, -0.1) is 0 Å². The van der Waals surface area contributed by atoms with Gasteiger partial charge in [-0.2, -0.15) is 0 Å². The van der Waals surface area contributed by atoms with Gasteiger partial charge in [0, 0.05) is 19.1 Å². The first-order chi connectivity index (χ1) is 8.10. The first-order valence-electron chi connectivity index (χ1n) is 7.14. The molecule has 3 atom stereocenters. The van der Waals surface area contributed by atoms with Crippen molar-refractivity contribution in [1.29, 1.82) is 0 Å². The maximum Gasteiger partial charge on any atom is 0.239 e. The van der Waals surface area contributed by atoms with Crippen LogP contribution in [0.2, 0.25) is 0 Å². The number of carbonyl (C=O) groups is 1. The predicted octanol–water partition coefficient (Wildman–Crippen LogP) is 2.41. The second-order valence-electron chi connectivity index (χ2n) is 5.27. The summed E-state index contributed by atoms with van der Waals surface area (Å²) in [7, 11) is 0. The Labute approximate surface area is 106 Å². The van der Waals surface area contributed by atoms with Crippen LogP contribution in [0, 0.1) is 5.92 Å². The molecule has 0 radical (unpaired) electrons. The highest BCUT2D eigenvalue weighted by Crippen LogP contribution is 2.24. The molecule has 3 heteroatoms. The van der Waals surface area contributed by atoms with E-state index in [2.05, 4.69) is 12.2 Å². The van der Waals surface area contributed by atoms with Gasteiger partial charge in [0.05, 0.1) is 6.04 Å². The first kappa shape index (κ1) is 14.5. The Hall–Kier alpha value is -0.570. The maximum absolute atomic E-state index is 12.1. The van der Waals surface area contributed by atoms with Crippen LogP contribution < -0.4 is 5.32 Å². The van der Waals surface area contributed by atoms with E-state index in [9.17, 15) is 4.79 Å². The summed E-state index contributed by atoms with van der Waals surface area (Å²) in [6.07, 6.45) is 5.16. The summed E-state index contributed by atoms with van der Waals surface area (Å²) in [5, 5.41) is 3.53. The van der Waals surface area contributed by atoms with Crippen molar-refractivity contribution in [2.24, 2.45) is 5.92 Å². The zero-order chi connectivity index (χ0) is 12.8. The van der Waals surface area contributed by atoms with Crippen LogP contribution >= 0.6 is 0 Å². The third-order valence-electron chi connectivity index (χ3n) is 4.02. The van der Waals surface area contributed by atoms with E-state index in [0.29, 0.717) is 12.0 Å². The van der Waals surface area contributed by atoms with Crippen LogP contribution in [0.3, 0.4) is 0 Å². The minimum absolute atomic E-state index is 0.0413. The van der Waals surface area contributed by atoms with Crippen LogP contribution in [0.5, 0.6) is 0 Å². The molecule has 1 saturated carbocycles. The molecule has 3 unspecified atom stereocenters. The molecule has 1 aliphatic carbocycles. The van der Waals surface area contributed by atoms with Gasteiger partial charge in [-0.05, 0) is 39.5 Å². The summed E-state index contributed by atoms with van der Waals surface area (Å²) in [4.78, 5) is 14.1. The maximum atomic E-state index is 12.1. The van der Waals surface area contributed by atoms with Crippen molar-refractivity contribution < 1.29 is 4.79 Å². The van der Waals surface area contributed by atoms with Gasteiger partial charge in [0.15, 0.2) is 0 Å². The molecule has 1 N–H and O–H groups in total. The van der Waals surface area contributed by atoms with E-state index in [1.807, 2.05) is 25.7 Å². The molecule has 100 valence electrons. The number of likely N-dealkylation sites (N-methyl/N-ethyl adjacent to an activating group) is 1. The molecule has 3 nitrogen and oxygen atoms in total. The van der Waals surface area contributed by atoms with Crippen LogP contribution in [0.15, 0.2) is 0 Å². The number of rotatable bonds is 5. The van der Waals surface area contributed by atoms with Crippen molar-refractivity contribution in [1.82, 2.24) is 10.2 Å². The molecule has 0 aromatic heterocycles. The molecule has 0 saturated heterocycles. The molecular formula is C14H28N2O. The Balaban J connectivity index is 2.46. The molecule has 1 fully saturated rings. The topological polar surface area (TPSA) is 32.3 Å². The van der Waals surface area contributed by atoms with Gasteiger partial charge >= 0.3 is 0 Å². The van der Waals surface area contributed by atoms with Crippen LogP contribution in [-0.4, -0.2) is 36.0 Å². The van der Waals surface area contributed by atoms with E-state index in [0.717, 1.165) is 13.1 Å². The van der Waals surface area contributed by atoms with Crippen LogP contribution in [0.1, 0.15) is 53.4 Å². The molecule has 0 bridgehead atoms. The number of carbonyl (C=O) groups excluding carboxylic acids is 1. The van der Waals surface area contributed by atoms with E-state index in [-0.39, 0.29) is 11.9 Å². The van der Waals surface area contributed by atoms with Gasteiger partial charge in [-0.1, -0.05) is 19.8 Å². The van der Waals surface area contributed by atoms with Gasteiger partial charge in [0.2, 0.25) is 5.91 Å². The third-order valence-corrected chi connectivity index (χ3v) is 4.02. The highest BCUT2D eigenvalue weighted by Gasteiger charge is 2.26. The predicted molar refractivity (Wildman–Crippen MR) is 71.9 cm³/mol. The summed E-state index contributed by atoms with van der Waals surface area (Å²) in [6, 6.07) is 0.485. The second kappa shape index (κ2) is 7.00. The highest BCUT2D eigenvalue weighted by molar-refractivity contribution is 5.81. The molecule has 0 spiro atoms. The fraction of sp³-hybridized carbons (Fsp3) is 0.929. The summed E-state index contributed by atoms with van der Waals surface area (Å²) >= 11 is 0. The van der Waals surface area contributed by atoms with Crippen molar-refractivity contribution in [3.8, 4) is 0 Å². The van der Waals surface area contributed by atoms with Gasteiger partial charge in [-0.3, -0.25) is 4.79 Å². The van der Waals surface area contributed by atoms with Gasteiger partial charge < -0.3 is 10.2 Å². The van der Waals surface area contributed by atoms with Crippen LogP contribution in [-0.2, 0) is 4.79 Å². The Morgan fingerprint density at radius 1 is 1.29 bits per heavy atom. The van der Waals surface area contributed by atoms with Crippen molar-refractivity contribution in [3.63, 3.8) is 0 Å². The van der Waals surface area contributed by atoms with E-state index in [1.165, 1.54) is 25.7 Å². The summed E-state index contributed by atoms with van der Waals surface area (Å²) < 4.78 is 0. The summed E-state index contributed by atoms with van der Waals surface area (Å²) in [6.45, 7) is 9.99. The molecule has 1 rings (SSSR count). The van der Waals surface area contributed by atoms with Gasteiger partial charge in [0.25, 0.3) is 0 Å². The fourth-order valence-electron chi connectivity index (χ4n) is 2.77. The smallest absolute Gasteiger partial charge is 0.239 e. The lowest BCUT2D eigenvalue weighted by atomic mass is 9.85. The highest BCUT2D eigenvalue weighted by atomic mass is 16.2. The molecular weight excluding hydrogens is 212 g/mol. The molecule has 1 aliphatic rings. The number of amides is 1. The van der Waals surface area contributed by atoms with Crippen molar-refractivity contribution in [2.75, 3.05) is 13.1 Å². The SMILES string of the molecule is CCN(CC)C(=O)C(C)NC1CCCCC1C. The second-order valence-corrected chi connectivity index (χ2v) is 5.27. The molecule has 0 aromatic rings. The Bertz CT molecular complexity index is 238. The van der Waals surface area contributed by atoms with Crippen LogP contribution in [0.4, 0.5) is 0 Å². The van der Waals surface area contributed by atoms with Gasteiger partial charge in [-0.25, -0.2) is 0 Å². The van der Waals surface area contributed by atoms with E-state index >= 15 is 0 Å². The lowest BCUT2D eigenvalue weighted by molar-refractivity contribution is -0.133. The molecule has 0 heterocycles. The lowest BCUT2D eigenvalue weighted by Crippen LogP contribution is -2.50. The Morgan fingerprint density at radius 2 is 1.88 bits per heavy atom. The molecule has 1 amide bonds. The zero-order valence-corrected chi connectivity index (χ0v) is 11.8. The van der Waals surface area contributed by atoms with Crippen molar-refractivity contribution >= 4 is 5.91 Å². The first-order valence-corrected chi connectivity index (χ1v) is 7.14. The normalized spacial score (nSPS) is 26.6. The van der Waals surface area contributed by atoms with E-state index in [1.54, 1.807) is 0 Å². The fourth-order valence-corrected chi connectivity index (χ4v) is 2.77. The number of hydrogen-bond donors (Lipinski definition) is 1. The molecule has 0 aliphatic heterocycles. The quantitative estimate of drug-likeness (QED) is 0.800. The average molecular weight is 240 g/mol. The summed E-state index contributed by atoms with van der Waals surface area (Å²) in [5.41, 5.74) is 0. The van der Waals surface area contributed by atoms with Gasteiger partial charge in [0.1, 0.15) is 0 Å². The number of nitrogens with zero attached hydrogens (tertiary/aromatic N) is 1. The Kier molecular flexibility index (Phi) is 5.96. The zero-order valence-electron chi connectivity index (χ0n) is 11.8. The Morgan fingerprint density at radius 3 is 2.41 bits per heavy atom. The molecule has 17 heavy (non-hydrogen) atoms. The minimum atomic E-state index is -0.0413. The monoisotopic (exact) mass is 240 g/mol. The lowest BCUT2D eigenvalue weighted by Gasteiger charge is -2.33. The molecule has 0 aromatic carbocycles. The van der Waals surface area contributed by atoms with E-state index < -0.39 is 0 Å². The largest absolute Gasteiger partial charge is 0.342 e. The third kappa shape index (κ3) is 3.98. The van der Waals surface area contributed by atoms with Crippen LogP contribution in [0.25, 0.3) is 0 Å². The van der Waals surface area contributed by atoms with Crippen molar-refractivity contribution in [3.05, 3.63) is 0 Å².